The Balaban J connectivity index is 2.68. The highest BCUT2D eigenvalue weighted by Gasteiger charge is 2.30. The lowest BCUT2D eigenvalue weighted by Crippen LogP contribution is -2.04. The van der Waals surface area contributed by atoms with E-state index >= 15 is 0 Å². The first-order valence-electron chi connectivity index (χ1n) is 4.40. The van der Waals surface area contributed by atoms with Gasteiger partial charge in [-0.1, -0.05) is 24.3 Å². The molecule has 1 radical (unpaired) electrons. The number of rotatable bonds is 0. The first-order valence-corrected chi connectivity index (χ1v) is 4.40. The molecular formula is C12H8F3. The summed E-state index contributed by atoms with van der Waals surface area (Å²) in [6.07, 6.45) is -4.29. The van der Waals surface area contributed by atoms with E-state index in [1.807, 2.05) is 0 Å². The second-order valence-electron chi connectivity index (χ2n) is 3.35. The van der Waals surface area contributed by atoms with E-state index in [0.29, 0.717) is 5.39 Å². The van der Waals surface area contributed by atoms with E-state index in [2.05, 4.69) is 6.92 Å². The van der Waals surface area contributed by atoms with Crippen LogP contribution in [-0.4, -0.2) is 0 Å². The summed E-state index contributed by atoms with van der Waals surface area (Å²) in [5.41, 5.74) is 0.113. The van der Waals surface area contributed by atoms with Gasteiger partial charge in [-0.3, -0.25) is 0 Å². The molecule has 77 valence electrons. The Morgan fingerprint density at radius 1 is 1.00 bits per heavy atom. The molecule has 3 heteroatoms. The minimum atomic E-state index is -4.29. The van der Waals surface area contributed by atoms with E-state index in [1.165, 1.54) is 6.07 Å². The fraction of sp³-hybridized carbons (Fsp3) is 0.0833. The lowest BCUT2D eigenvalue weighted by atomic mass is 10.0. The van der Waals surface area contributed by atoms with Crippen LogP contribution in [0.3, 0.4) is 0 Å². The fourth-order valence-corrected chi connectivity index (χ4v) is 1.53. The molecule has 0 saturated carbocycles. The molecule has 2 rings (SSSR count). The van der Waals surface area contributed by atoms with Crippen molar-refractivity contribution in [3.05, 3.63) is 54.4 Å². The maximum Gasteiger partial charge on any atom is 0.416 e. The molecule has 2 aromatic carbocycles. The van der Waals surface area contributed by atoms with Crippen LogP contribution < -0.4 is 0 Å². The van der Waals surface area contributed by atoms with Gasteiger partial charge in [-0.25, -0.2) is 0 Å². The van der Waals surface area contributed by atoms with Crippen molar-refractivity contribution in [2.75, 3.05) is 0 Å². The highest BCUT2D eigenvalue weighted by molar-refractivity contribution is 5.86. The summed E-state index contributed by atoms with van der Waals surface area (Å²) in [5.74, 6) is 0. The number of fused-ring (bicyclic) bond motifs is 1. The molecule has 0 amide bonds. The van der Waals surface area contributed by atoms with Crippen LogP contribution in [0, 0.1) is 6.92 Å². The standard InChI is InChI=1S/C12H8F3/c1-8-3-2-4-9-7-10(12(13,14)15)5-6-11(8)9/h2-7H,1H2. The lowest BCUT2D eigenvalue weighted by molar-refractivity contribution is -0.137. The van der Waals surface area contributed by atoms with Crippen LogP contribution in [0.25, 0.3) is 10.8 Å². The van der Waals surface area contributed by atoms with Gasteiger partial charge in [0.1, 0.15) is 0 Å². The Labute approximate surface area is 85.3 Å². The van der Waals surface area contributed by atoms with Crippen LogP contribution >= 0.6 is 0 Å². The highest BCUT2D eigenvalue weighted by Crippen LogP contribution is 2.31. The zero-order valence-corrected chi connectivity index (χ0v) is 7.81. The van der Waals surface area contributed by atoms with Crippen molar-refractivity contribution >= 4 is 10.8 Å². The molecule has 0 aliphatic carbocycles. The van der Waals surface area contributed by atoms with Gasteiger partial charge in [-0.2, -0.15) is 13.2 Å². The van der Waals surface area contributed by atoms with Crippen molar-refractivity contribution in [1.29, 1.82) is 0 Å². The van der Waals surface area contributed by atoms with Crippen molar-refractivity contribution in [2.24, 2.45) is 0 Å². The average molecular weight is 209 g/mol. The smallest absolute Gasteiger partial charge is 0.166 e. The number of benzene rings is 2. The monoisotopic (exact) mass is 209 g/mol. The lowest BCUT2D eigenvalue weighted by Gasteiger charge is -2.08. The SMILES string of the molecule is [CH2]c1cccc2cc(C(F)(F)F)ccc12. The molecule has 0 nitrogen and oxygen atoms in total. The highest BCUT2D eigenvalue weighted by atomic mass is 19.4. The Bertz CT molecular complexity index is 498. The van der Waals surface area contributed by atoms with Crippen LogP contribution in [0.5, 0.6) is 0 Å². The van der Waals surface area contributed by atoms with Crippen molar-refractivity contribution in [1.82, 2.24) is 0 Å². The van der Waals surface area contributed by atoms with E-state index < -0.39 is 11.7 Å². The third kappa shape index (κ3) is 1.82. The Kier molecular flexibility index (Phi) is 2.18. The summed E-state index contributed by atoms with van der Waals surface area (Å²) in [4.78, 5) is 0. The Morgan fingerprint density at radius 3 is 2.40 bits per heavy atom. The van der Waals surface area contributed by atoms with E-state index in [-0.39, 0.29) is 0 Å². The quantitative estimate of drug-likeness (QED) is 0.614. The molecule has 0 saturated heterocycles. The predicted molar refractivity (Wildman–Crippen MR) is 53.4 cm³/mol. The molecule has 0 atom stereocenters. The number of alkyl halides is 3. The Morgan fingerprint density at radius 2 is 1.73 bits per heavy atom. The van der Waals surface area contributed by atoms with Crippen LogP contribution in [-0.2, 0) is 6.18 Å². The predicted octanol–water partition coefficient (Wildman–Crippen LogP) is 4.04. The second-order valence-corrected chi connectivity index (χ2v) is 3.35. The first-order chi connectivity index (χ1) is 6.98. The fourth-order valence-electron chi connectivity index (χ4n) is 1.53. The van der Waals surface area contributed by atoms with Gasteiger partial charge < -0.3 is 0 Å². The summed E-state index contributed by atoms with van der Waals surface area (Å²) >= 11 is 0. The zero-order valence-electron chi connectivity index (χ0n) is 7.81. The molecule has 0 N–H and O–H groups in total. The average Bonchev–Trinajstić information content (AvgIpc) is 2.16. The van der Waals surface area contributed by atoms with Gasteiger partial charge in [-0.15, -0.1) is 0 Å². The minimum absolute atomic E-state index is 0.567. The molecule has 0 bridgehead atoms. The molecule has 0 aliphatic rings. The Hall–Kier alpha value is -1.51. The molecular weight excluding hydrogens is 201 g/mol. The largest absolute Gasteiger partial charge is 0.416 e. The number of hydrogen-bond donors (Lipinski definition) is 0. The second kappa shape index (κ2) is 3.26. The van der Waals surface area contributed by atoms with Gasteiger partial charge in [0.05, 0.1) is 5.56 Å². The molecule has 0 spiro atoms. The molecule has 0 unspecified atom stereocenters. The van der Waals surface area contributed by atoms with E-state index in [1.54, 1.807) is 18.2 Å². The third-order valence-corrected chi connectivity index (χ3v) is 2.30. The van der Waals surface area contributed by atoms with Crippen molar-refractivity contribution in [2.45, 2.75) is 6.18 Å². The van der Waals surface area contributed by atoms with Gasteiger partial charge in [0, 0.05) is 0 Å². The van der Waals surface area contributed by atoms with Gasteiger partial charge in [0.2, 0.25) is 0 Å². The van der Waals surface area contributed by atoms with E-state index in [0.717, 1.165) is 23.1 Å². The number of halogens is 3. The summed E-state index contributed by atoms with van der Waals surface area (Å²) in [7, 11) is 0. The topological polar surface area (TPSA) is 0 Å². The summed E-state index contributed by atoms with van der Waals surface area (Å²) in [5, 5.41) is 1.32. The van der Waals surface area contributed by atoms with Crippen molar-refractivity contribution in [3.63, 3.8) is 0 Å². The summed E-state index contributed by atoms with van der Waals surface area (Å²) in [6.45, 7) is 3.76. The van der Waals surface area contributed by atoms with E-state index in [9.17, 15) is 13.2 Å². The van der Waals surface area contributed by atoms with Crippen LogP contribution in [0.1, 0.15) is 11.1 Å². The van der Waals surface area contributed by atoms with Gasteiger partial charge >= 0.3 is 6.18 Å². The van der Waals surface area contributed by atoms with Crippen LogP contribution in [0.2, 0.25) is 0 Å². The minimum Gasteiger partial charge on any atom is -0.166 e. The molecule has 2 aromatic rings. The maximum atomic E-state index is 12.4. The molecule has 0 aliphatic heterocycles. The number of hydrogen-bond acceptors (Lipinski definition) is 0. The zero-order chi connectivity index (χ0) is 11.1. The molecule has 15 heavy (non-hydrogen) atoms. The van der Waals surface area contributed by atoms with Gasteiger partial charge in [-0.05, 0) is 35.4 Å². The van der Waals surface area contributed by atoms with E-state index in [4.69, 9.17) is 0 Å². The van der Waals surface area contributed by atoms with Gasteiger partial charge in [0.15, 0.2) is 0 Å². The summed E-state index contributed by atoms with van der Waals surface area (Å²) < 4.78 is 37.2. The maximum absolute atomic E-state index is 12.4. The molecule has 0 heterocycles. The third-order valence-electron chi connectivity index (χ3n) is 2.30. The van der Waals surface area contributed by atoms with Crippen LogP contribution in [0.15, 0.2) is 36.4 Å². The van der Waals surface area contributed by atoms with Gasteiger partial charge in [0.25, 0.3) is 0 Å². The van der Waals surface area contributed by atoms with Crippen molar-refractivity contribution in [3.8, 4) is 0 Å². The summed E-state index contributed by atoms with van der Waals surface area (Å²) in [6, 6.07) is 8.81. The first kappa shape index (κ1) is 10.0. The van der Waals surface area contributed by atoms with Crippen LogP contribution in [0.4, 0.5) is 13.2 Å². The normalized spacial score (nSPS) is 12.0. The molecule has 0 aromatic heterocycles. The van der Waals surface area contributed by atoms with Crippen molar-refractivity contribution < 1.29 is 13.2 Å². The molecule has 0 fully saturated rings.